The Labute approximate surface area is 364 Å². The fourth-order valence-corrected chi connectivity index (χ4v) is 8.90. The van der Waals surface area contributed by atoms with E-state index in [1.165, 1.54) is 28.2 Å². The SMILES string of the molecule is CCCCCCCCc1ccc2n1[B-](F)(F)[N+]1=C(CCCCC(=O)N(CCCCCC)CCCCO[C@@H]3O[C@H](CO)[C@@H](O[C@@H]4O[C@H](CO)[C@H](O)[C@H](O)[C@H]4O)[C@H](O)[C@H]3O)C=CC1=C2. The number of aliphatic hydroxyl groups excluding tert-OH is 7. The van der Waals surface area contributed by atoms with Crippen molar-refractivity contribution in [1.82, 2.24) is 9.38 Å². The number of unbranched alkanes of at least 4 members (excludes halogenated alkanes) is 10. The van der Waals surface area contributed by atoms with Crippen LogP contribution in [-0.2, 0) is 30.2 Å². The lowest BCUT2D eigenvalue weighted by atomic mass is 9.89. The number of ether oxygens (including phenoxy) is 4. The van der Waals surface area contributed by atoms with Gasteiger partial charge in [0, 0.05) is 56.5 Å². The fraction of sp³-hybridized carbons (Fsp3) is 0.773. The minimum absolute atomic E-state index is 0.00388. The van der Waals surface area contributed by atoms with Crippen LogP contribution >= 0.6 is 0 Å². The third-order valence-corrected chi connectivity index (χ3v) is 12.5. The summed E-state index contributed by atoms with van der Waals surface area (Å²) < 4.78 is 57.5. The Morgan fingerprint density at radius 1 is 0.742 bits per heavy atom. The van der Waals surface area contributed by atoms with Crippen molar-refractivity contribution >= 4 is 24.7 Å². The Morgan fingerprint density at radius 3 is 2.08 bits per heavy atom. The summed E-state index contributed by atoms with van der Waals surface area (Å²) in [6, 6.07) is 3.64. The number of hydrogen-bond acceptors (Lipinski definition) is 12. The zero-order valence-corrected chi connectivity index (χ0v) is 36.6. The number of aliphatic hydroxyl groups is 7. The number of carbonyl (C=O) groups excluding carboxylic acids is 1. The molecule has 2 fully saturated rings. The lowest BCUT2D eigenvalue weighted by molar-refractivity contribution is -0.362. The minimum atomic E-state index is -4.05. The Bertz CT molecular complexity index is 1640. The third-order valence-electron chi connectivity index (χ3n) is 12.5. The van der Waals surface area contributed by atoms with E-state index >= 15 is 8.63 Å². The smallest absolute Gasteiger partial charge is 0.394 e. The summed E-state index contributed by atoms with van der Waals surface area (Å²) in [5.74, 6) is 0.00388. The molecule has 0 aromatic carbocycles. The first-order valence-electron chi connectivity index (χ1n) is 23.1. The summed E-state index contributed by atoms with van der Waals surface area (Å²) in [7, 11) is 0. The molecule has 1 aromatic rings. The summed E-state index contributed by atoms with van der Waals surface area (Å²) in [6.07, 6.45) is 4.14. The molecule has 0 saturated carbocycles. The molecular formula is C44H72BF2N3O12. The van der Waals surface area contributed by atoms with Crippen LogP contribution < -0.4 is 0 Å². The van der Waals surface area contributed by atoms with Crippen molar-refractivity contribution in [3.8, 4) is 0 Å². The molecule has 5 heterocycles. The van der Waals surface area contributed by atoms with Crippen LogP contribution in [0.3, 0.4) is 0 Å². The second-order valence-corrected chi connectivity index (χ2v) is 17.2. The minimum Gasteiger partial charge on any atom is -0.394 e. The van der Waals surface area contributed by atoms with Crippen LogP contribution in [0.2, 0.25) is 0 Å². The van der Waals surface area contributed by atoms with E-state index < -0.39 is 81.6 Å². The van der Waals surface area contributed by atoms with E-state index in [0.29, 0.717) is 80.8 Å². The second-order valence-electron chi connectivity index (χ2n) is 17.2. The van der Waals surface area contributed by atoms with Crippen LogP contribution in [-0.4, -0.2) is 163 Å². The standard InChI is InChI=1S/C44H72BF2N3O12/c1-3-5-7-9-10-11-17-30-20-22-32-27-33-23-21-31(50(33)45(46,47)49(30)32)18-12-13-19-36(53)48(24-14-8-6-4-2)25-15-16-26-59-43-41(58)39(56)42(35(29-52)61-43)62-44-40(57)38(55)37(54)34(28-51)60-44/h20-23,27,34-35,37-44,51-52,54-58H,3-19,24-26,28-29H2,1-2H3/t34-,35-,37+,38+,39-,40-,41-,42-,43-,44+/m1/s1. The first-order chi connectivity index (χ1) is 29.9. The molecule has 4 aliphatic rings. The predicted molar refractivity (Wildman–Crippen MR) is 228 cm³/mol. The van der Waals surface area contributed by atoms with Gasteiger partial charge in [-0.05, 0) is 62.8 Å². The second kappa shape index (κ2) is 24.6. The van der Waals surface area contributed by atoms with Crippen LogP contribution in [0.5, 0.6) is 0 Å². The highest BCUT2D eigenvalue weighted by molar-refractivity contribution is 6.58. The maximum absolute atomic E-state index is 16.3. The van der Waals surface area contributed by atoms with Crippen molar-refractivity contribution in [3.63, 3.8) is 0 Å². The van der Waals surface area contributed by atoms with E-state index in [-0.39, 0.29) is 12.5 Å². The average molecular weight is 884 g/mol. The first kappa shape index (κ1) is 50.4. The Hall–Kier alpha value is -2.62. The Morgan fingerprint density at radius 2 is 1.37 bits per heavy atom. The molecule has 0 aliphatic carbocycles. The topological polar surface area (TPSA) is 207 Å². The summed E-state index contributed by atoms with van der Waals surface area (Å²) in [6.45, 7) is 0.0403. The van der Waals surface area contributed by atoms with Crippen molar-refractivity contribution in [2.45, 2.75) is 184 Å². The summed E-state index contributed by atoms with van der Waals surface area (Å²) in [5.41, 5.74) is 2.27. The molecule has 1 amide bonds. The monoisotopic (exact) mass is 884 g/mol. The van der Waals surface area contributed by atoms with E-state index in [2.05, 4.69) is 13.8 Å². The molecule has 15 nitrogen and oxygen atoms in total. The van der Waals surface area contributed by atoms with Gasteiger partial charge in [0.15, 0.2) is 18.3 Å². The van der Waals surface area contributed by atoms with E-state index in [4.69, 9.17) is 18.9 Å². The van der Waals surface area contributed by atoms with Gasteiger partial charge in [-0.25, -0.2) is 0 Å². The van der Waals surface area contributed by atoms with Crippen LogP contribution in [0.4, 0.5) is 8.63 Å². The van der Waals surface area contributed by atoms with Gasteiger partial charge in [0.05, 0.1) is 13.2 Å². The zero-order valence-electron chi connectivity index (χ0n) is 36.6. The molecule has 1 aromatic heterocycles. The number of hydrogen-bond donors (Lipinski definition) is 7. The number of aromatic nitrogens is 1. The van der Waals surface area contributed by atoms with Crippen molar-refractivity contribution in [3.05, 3.63) is 41.4 Å². The summed E-state index contributed by atoms with van der Waals surface area (Å²) in [4.78, 5) is 15.4. The predicted octanol–water partition coefficient (Wildman–Crippen LogP) is 3.38. The molecule has 18 heteroatoms. The van der Waals surface area contributed by atoms with Gasteiger partial charge in [0.25, 0.3) is 0 Å². The lowest BCUT2D eigenvalue weighted by Gasteiger charge is -2.45. The maximum atomic E-state index is 16.3. The van der Waals surface area contributed by atoms with Crippen LogP contribution in [0, 0.1) is 0 Å². The molecule has 2 saturated heterocycles. The quantitative estimate of drug-likeness (QED) is 0.0502. The molecule has 7 N–H and O–H groups in total. The van der Waals surface area contributed by atoms with Crippen LogP contribution in [0.15, 0.2) is 30.0 Å². The average Bonchev–Trinajstić information content (AvgIpc) is 3.88. The van der Waals surface area contributed by atoms with Crippen molar-refractivity contribution < 1.29 is 72.6 Å². The molecule has 0 unspecified atom stereocenters. The number of aryl methyl sites for hydroxylation is 1. The van der Waals surface area contributed by atoms with Gasteiger partial charge >= 0.3 is 6.97 Å². The largest absolute Gasteiger partial charge is 0.737 e. The Kier molecular flexibility index (Phi) is 20.0. The van der Waals surface area contributed by atoms with E-state index in [1.807, 2.05) is 17.0 Å². The number of rotatable bonds is 27. The third kappa shape index (κ3) is 12.6. The molecule has 0 spiro atoms. The number of fused-ring (bicyclic) bond motifs is 2. The van der Waals surface area contributed by atoms with Crippen LogP contribution in [0.1, 0.15) is 128 Å². The van der Waals surface area contributed by atoms with E-state index in [1.54, 1.807) is 18.2 Å². The summed E-state index contributed by atoms with van der Waals surface area (Å²) >= 11 is 0. The zero-order chi connectivity index (χ0) is 44.8. The molecular weight excluding hydrogens is 811 g/mol. The van der Waals surface area contributed by atoms with Crippen molar-refractivity contribution in [2.24, 2.45) is 0 Å². The summed E-state index contributed by atoms with van der Waals surface area (Å²) in [5, 5.41) is 71.8. The van der Waals surface area contributed by atoms with Gasteiger partial charge in [-0.3, -0.25) is 4.79 Å². The number of amides is 1. The lowest BCUT2D eigenvalue weighted by Crippen LogP contribution is -2.64. The maximum Gasteiger partial charge on any atom is 0.737 e. The van der Waals surface area contributed by atoms with E-state index in [9.17, 15) is 40.5 Å². The van der Waals surface area contributed by atoms with Gasteiger partial charge in [-0.2, -0.15) is 0 Å². The number of allylic oxidation sites excluding steroid dienone is 2. The molecule has 0 bridgehead atoms. The normalized spacial score (nSPS) is 29.2. The van der Waals surface area contributed by atoms with Gasteiger partial charge < -0.3 is 77.2 Å². The Balaban J connectivity index is 1.08. The highest BCUT2D eigenvalue weighted by atomic mass is 19.2. The van der Waals surface area contributed by atoms with Gasteiger partial charge in [0.2, 0.25) is 5.91 Å². The van der Waals surface area contributed by atoms with Gasteiger partial charge in [-0.15, -0.1) is 0 Å². The highest BCUT2D eigenvalue weighted by Gasteiger charge is 2.53. The van der Waals surface area contributed by atoms with Gasteiger partial charge in [-0.1, -0.05) is 65.2 Å². The van der Waals surface area contributed by atoms with Crippen molar-refractivity contribution in [2.75, 3.05) is 32.9 Å². The molecule has 62 heavy (non-hydrogen) atoms. The van der Waals surface area contributed by atoms with Gasteiger partial charge in [0.1, 0.15) is 54.5 Å². The molecule has 0 radical (unpaired) electrons. The van der Waals surface area contributed by atoms with E-state index in [0.717, 1.165) is 44.9 Å². The molecule has 352 valence electrons. The number of halogens is 2. The number of carbonyl (C=O) groups is 1. The van der Waals surface area contributed by atoms with Crippen LogP contribution in [0.25, 0.3) is 6.08 Å². The van der Waals surface area contributed by atoms with Crippen molar-refractivity contribution in [1.29, 1.82) is 0 Å². The number of nitrogens with zero attached hydrogens (tertiary/aromatic N) is 3. The molecule has 5 rings (SSSR count). The highest BCUT2D eigenvalue weighted by Crippen LogP contribution is 2.34. The fourth-order valence-electron chi connectivity index (χ4n) is 8.90. The first-order valence-corrected chi connectivity index (χ1v) is 23.1. The molecule has 4 aliphatic heterocycles. The molecule has 10 atom stereocenters.